The van der Waals surface area contributed by atoms with Gasteiger partial charge in [-0.05, 0) is 18.1 Å². The standard InChI is InChI=1S/C14H17N5O/c1-8(2)7-19-12-4-3-9(20)5-11(12)17-14(19)10-6-16-18-13(10)15/h3-6,8,20H,7H2,1-2H3,(H3,15,16,18). The van der Waals surface area contributed by atoms with Crippen molar-refractivity contribution in [3.8, 4) is 17.1 Å². The number of aromatic amines is 1. The Labute approximate surface area is 116 Å². The van der Waals surface area contributed by atoms with Gasteiger partial charge in [0.1, 0.15) is 11.6 Å². The first kappa shape index (κ1) is 12.5. The summed E-state index contributed by atoms with van der Waals surface area (Å²) in [6.45, 7) is 5.12. The summed E-state index contributed by atoms with van der Waals surface area (Å²) in [5.74, 6) is 1.87. The van der Waals surface area contributed by atoms with Crippen molar-refractivity contribution in [1.29, 1.82) is 0 Å². The van der Waals surface area contributed by atoms with Gasteiger partial charge in [0.15, 0.2) is 5.82 Å². The molecule has 0 aliphatic rings. The third kappa shape index (κ3) is 1.99. The highest BCUT2D eigenvalue weighted by molar-refractivity contribution is 5.83. The van der Waals surface area contributed by atoms with Crippen LogP contribution in [0.5, 0.6) is 5.75 Å². The van der Waals surface area contributed by atoms with Crippen molar-refractivity contribution in [1.82, 2.24) is 19.7 Å². The molecule has 2 heterocycles. The molecule has 0 radical (unpaired) electrons. The van der Waals surface area contributed by atoms with Gasteiger partial charge >= 0.3 is 0 Å². The van der Waals surface area contributed by atoms with Gasteiger partial charge in [-0.1, -0.05) is 13.8 Å². The molecular formula is C14H17N5O. The van der Waals surface area contributed by atoms with E-state index in [2.05, 4.69) is 33.6 Å². The highest BCUT2D eigenvalue weighted by Crippen LogP contribution is 2.29. The number of imidazole rings is 1. The van der Waals surface area contributed by atoms with Crippen molar-refractivity contribution in [2.45, 2.75) is 20.4 Å². The molecule has 104 valence electrons. The molecule has 1 aromatic carbocycles. The topological polar surface area (TPSA) is 92.8 Å². The lowest BCUT2D eigenvalue weighted by molar-refractivity contribution is 0.476. The molecular weight excluding hydrogens is 254 g/mol. The number of anilines is 1. The summed E-state index contributed by atoms with van der Waals surface area (Å²) in [6.07, 6.45) is 1.74. The third-order valence-corrected chi connectivity index (χ3v) is 3.19. The van der Waals surface area contributed by atoms with Crippen LogP contribution in [-0.2, 0) is 6.54 Å². The van der Waals surface area contributed by atoms with Gasteiger partial charge in [0.25, 0.3) is 0 Å². The van der Waals surface area contributed by atoms with E-state index < -0.39 is 0 Å². The minimum Gasteiger partial charge on any atom is -0.508 e. The number of hydrogen-bond acceptors (Lipinski definition) is 4. The summed E-state index contributed by atoms with van der Waals surface area (Å²) in [5, 5.41) is 16.3. The Kier molecular flexibility index (Phi) is 2.85. The van der Waals surface area contributed by atoms with Crippen molar-refractivity contribution in [2.75, 3.05) is 5.73 Å². The number of aromatic nitrogens is 4. The number of nitrogens with zero attached hydrogens (tertiary/aromatic N) is 3. The average molecular weight is 271 g/mol. The molecule has 6 nitrogen and oxygen atoms in total. The Hall–Kier alpha value is -2.50. The predicted octanol–water partition coefficient (Wildman–Crippen LogP) is 2.37. The second-order valence-electron chi connectivity index (χ2n) is 5.30. The van der Waals surface area contributed by atoms with E-state index in [1.165, 1.54) is 0 Å². The monoisotopic (exact) mass is 271 g/mol. The van der Waals surface area contributed by atoms with E-state index in [1.54, 1.807) is 18.3 Å². The van der Waals surface area contributed by atoms with Gasteiger partial charge in [-0.3, -0.25) is 5.10 Å². The zero-order valence-corrected chi connectivity index (χ0v) is 11.5. The number of fused-ring (bicyclic) bond motifs is 1. The minimum atomic E-state index is 0.207. The van der Waals surface area contributed by atoms with Crippen molar-refractivity contribution in [3.63, 3.8) is 0 Å². The number of H-pyrrole nitrogens is 1. The number of nitrogen functional groups attached to an aromatic ring is 1. The number of benzene rings is 1. The SMILES string of the molecule is CC(C)Cn1c(-c2c[nH]nc2N)nc2cc(O)ccc21. The normalized spacial score (nSPS) is 11.6. The Morgan fingerprint density at radius 3 is 2.85 bits per heavy atom. The van der Waals surface area contributed by atoms with Crippen LogP contribution in [0.4, 0.5) is 5.82 Å². The zero-order chi connectivity index (χ0) is 14.3. The van der Waals surface area contributed by atoms with Crippen LogP contribution < -0.4 is 5.73 Å². The molecule has 0 aliphatic heterocycles. The Morgan fingerprint density at radius 1 is 1.40 bits per heavy atom. The van der Waals surface area contributed by atoms with Crippen molar-refractivity contribution < 1.29 is 5.11 Å². The van der Waals surface area contributed by atoms with E-state index in [0.717, 1.165) is 29.0 Å². The zero-order valence-electron chi connectivity index (χ0n) is 11.5. The number of phenolic OH excluding ortho intramolecular Hbond substituents is 1. The molecule has 20 heavy (non-hydrogen) atoms. The van der Waals surface area contributed by atoms with Crippen LogP contribution in [0, 0.1) is 5.92 Å². The maximum absolute atomic E-state index is 9.60. The molecule has 2 aromatic heterocycles. The molecule has 0 bridgehead atoms. The summed E-state index contributed by atoms with van der Waals surface area (Å²) < 4.78 is 2.11. The Balaban J connectivity index is 2.27. The molecule has 0 amide bonds. The van der Waals surface area contributed by atoms with Crippen LogP contribution in [-0.4, -0.2) is 24.9 Å². The van der Waals surface area contributed by atoms with E-state index in [-0.39, 0.29) is 5.75 Å². The predicted molar refractivity (Wildman–Crippen MR) is 78.2 cm³/mol. The lowest BCUT2D eigenvalue weighted by Crippen LogP contribution is -2.06. The van der Waals surface area contributed by atoms with Crippen molar-refractivity contribution >= 4 is 16.9 Å². The van der Waals surface area contributed by atoms with E-state index >= 15 is 0 Å². The van der Waals surface area contributed by atoms with Crippen LogP contribution in [0.3, 0.4) is 0 Å². The van der Waals surface area contributed by atoms with Crippen LogP contribution in [0.15, 0.2) is 24.4 Å². The van der Waals surface area contributed by atoms with E-state index in [0.29, 0.717) is 11.7 Å². The molecule has 0 saturated heterocycles. The lowest BCUT2D eigenvalue weighted by Gasteiger charge is -2.11. The largest absolute Gasteiger partial charge is 0.508 e. The first-order valence-electron chi connectivity index (χ1n) is 6.55. The fourth-order valence-electron chi connectivity index (χ4n) is 2.35. The van der Waals surface area contributed by atoms with Gasteiger partial charge in [-0.15, -0.1) is 0 Å². The van der Waals surface area contributed by atoms with Crippen LogP contribution in [0.1, 0.15) is 13.8 Å². The van der Waals surface area contributed by atoms with Crippen molar-refractivity contribution in [2.24, 2.45) is 5.92 Å². The average Bonchev–Trinajstić information content (AvgIpc) is 2.93. The fourth-order valence-corrected chi connectivity index (χ4v) is 2.35. The molecule has 6 heteroatoms. The summed E-state index contributed by atoms with van der Waals surface area (Å²) in [7, 11) is 0. The molecule has 0 spiro atoms. The van der Waals surface area contributed by atoms with Gasteiger partial charge in [-0.25, -0.2) is 4.98 Å². The minimum absolute atomic E-state index is 0.207. The van der Waals surface area contributed by atoms with Crippen LogP contribution >= 0.6 is 0 Å². The molecule has 0 atom stereocenters. The summed E-state index contributed by atoms with van der Waals surface area (Å²) in [4.78, 5) is 4.59. The van der Waals surface area contributed by atoms with Crippen LogP contribution in [0.25, 0.3) is 22.4 Å². The summed E-state index contributed by atoms with van der Waals surface area (Å²) in [5.41, 5.74) is 8.39. The van der Waals surface area contributed by atoms with Gasteiger partial charge in [0, 0.05) is 18.8 Å². The van der Waals surface area contributed by atoms with Crippen molar-refractivity contribution in [3.05, 3.63) is 24.4 Å². The molecule has 0 fully saturated rings. The molecule has 0 unspecified atom stereocenters. The molecule has 0 aliphatic carbocycles. The quantitative estimate of drug-likeness (QED) is 0.681. The van der Waals surface area contributed by atoms with Gasteiger partial charge in [0.05, 0.1) is 16.6 Å². The maximum Gasteiger partial charge on any atom is 0.156 e. The lowest BCUT2D eigenvalue weighted by atomic mass is 10.2. The number of nitrogens with one attached hydrogen (secondary N) is 1. The molecule has 3 rings (SSSR count). The van der Waals surface area contributed by atoms with E-state index in [1.807, 2.05) is 6.07 Å². The second-order valence-corrected chi connectivity index (χ2v) is 5.30. The number of aromatic hydroxyl groups is 1. The molecule has 3 aromatic rings. The Bertz CT molecular complexity index is 756. The van der Waals surface area contributed by atoms with E-state index in [9.17, 15) is 5.11 Å². The number of nitrogens with two attached hydrogens (primary N) is 1. The highest BCUT2D eigenvalue weighted by Gasteiger charge is 2.17. The fraction of sp³-hybridized carbons (Fsp3) is 0.286. The molecule has 0 saturated carbocycles. The third-order valence-electron chi connectivity index (χ3n) is 3.19. The molecule has 4 N–H and O–H groups in total. The van der Waals surface area contributed by atoms with Gasteiger partial charge in [-0.2, -0.15) is 5.10 Å². The summed E-state index contributed by atoms with van der Waals surface area (Å²) >= 11 is 0. The second kappa shape index (κ2) is 4.56. The van der Waals surface area contributed by atoms with E-state index in [4.69, 9.17) is 5.73 Å². The first-order valence-corrected chi connectivity index (χ1v) is 6.55. The number of phenols is 1. The maximum atomic E-state index is 9.60. The van der Waals surface area contributed by atoms with Crippen LogP contribution in [0.2, 0.25) is 0 Å². The summed E-state index contributed by atoms with van der Waals surface area (Å²) in [6, 6.07) is 5.20. The van der Waals surface area contributed by atoms with Gasteiger partial charge in [0.2, 0.25) is 0 Å². The Morgan fingerprint density at radius 2 is 2.20 bits per heavy atom. The van der Waals surface area contributed by atoms with Gasteiger partial charge < -0.3 is 15.4 Å². The first-order chi connectivity index (χ1) is 9.56. The smallest absolute Gasteiger partial charge is 0.156 e. The number of rotatable bonds is 3. The number of hydrogen-bond donors (Lipinski definition) is 3. The highest BCUT2D eigenvalue weighted by atomic mass is 16.3.